The van der Waals surface area contributed by atoms with Gasteiger partial charge >= 0.3 is 6.09 Å². The molecule has 1 aliphatic rings. The Balaban J connectivity index is 1.89. The van der Waals surface area contributed by atoms with Crippen LogP contribution in [0.1, 0.15) is 17.0 Å². The van der Waals surface area contributed by atoms with Gasteiger partial charge in [0.25, 0.3) is 0 Å². The number of carbonyl (C=O) groups excluding carboxylic acids is 1. The van der Waals surface area contributed by atoms with E-state index in [-0.39, 0.29) is 12.0 Å². The molecule has 1 N–H and O–H groups in total. The molecule has 0 saturated carbocycles. The van der Waals surface area contributed by atoms with E-state index in [4.69, 9.17) is 4.74 Å². The lowest BCUT2D eigenvalue weighted by Gasteiger charge is -2.13. The molecule has 0 aromatic heterocycles. The van der Waals surface area contributed by atoms with Crippen molar-refractivity contribution in [3.63, 3.8) is 0 Å². The van der Waals surface area contributed by atoms with E-state index in [9.17, 15) is 4.79 Å². The predicted molar refractivity (Wildman–Crippen MR) is 81.7 cm³/mol. The van der Waals surface area contributed by atoms with Gasteiger partial charge in [-0.25, -0.2) is 4.79 Å². The molecule has 20 heavy (non-hydrogen) atoms. The molecule has 1 amide bonds. The van der Waals surface area contributed by atoms with Crippen LogP contribution < -0.4 is 4.72 Å². The average Bonchev–Trinajstić information content (AvgIpc) is 2.80. The lowest BCUT2D eigenvalue weighted by atomic mass is 9.98. The van der Waals surface area contributed by atoms with Gasteiger partial charge in [0.05, 0.1) is 0 Å². The van der Waals surface area contributed by atoms with Crippen molar-refractivity contribution in [2.24, 2.45) is 0 Å². The zero-order chi connectivity index (χ0) is 13.9. The Hall–Kier alpha value is -1.94. The van der Waals surface area contributed by atoms with E-state index in [1.165, 1.54) is 34.2 Å². The fraction of sp³-hybridized carbons (Fsp3) is 0.188. The quantitative estimate of drug-likeness (QED) is 0.872. The Labute approximate surface area is 122 Å². The van der Waals surface area contributed by atoms with Crippen molar-refractivity contribution in [2.45, 2.75) is 5.92 Å². The molecule has 0 unspecified atom stereocenters. The second-order valence-electron chi connectivity index (χ2n) is 4.63. The van der Waals surface area contributed by atoms with Crippen molar-refractivity contribution in [1.82, 2.24) is 4.72 Å². The van der Waals surface area contributed by atoms with Gasteiger partial charge in [0.15, 0.2) is 0 Å². The molecule has 0 bridgehead atoms. The van der Waals surface area contributed by atoms with Crippen LogP contribution in [0, 0.1) is 0 Å². The van der Waals surface area contributed by atoms with E-state index in [2.05, 4.69) is 29.0 Å². The van der Waals surface area contributed by atoms with Crippen molar-refractivity contribution in [3.05, 3.63) is 59.7 Å². The van der Waals surface area contributed by atoms with E-state index < -0.39 is 0 Å². The smallest absolute Gasteiger partial charge is 0.417 e. The maximum Gasteiger partial charge on any atom is 0.417 e. The summed E-state index contributed by atoms with van der Waals surface area (Å²) in [7, 11) is 0. The number of hydrogen-bond acceptors (Lipinski definition) is 3. The van der Waals surface area contributed by atoms with Crippen LogP contribution in [0.15, 0.2) is 48.5 Å². The number of rotatable bonds is 3. The van der Waals surface area contributed by atoms with Gasteiger partial charge in [-0.1, -0.05) is 60.5 Å². The van der Waals surface area contributed by atoms with Gasteiger partial charge in [0.1, 0.15) is 6.61 Å². The van der Waals surface area contributed by atoms with Crippen LogP contribution in [0.2, 0.25) is 0 Å². The van der Waals surface area contributed by atoms with Crippen LogP contribution in [-0.4, -0.2) is 19.0 Å². The zero-order valence-electron chi connectivity index (χ0n) is 11.1. The molecule has 3 rings (SSSR count). The summed E-state index contributed by atoms with van der Waals surface area (Å²) in [5.74, 6) is 0.120. The van der Waals surface area contributed by atoms with Crippen molar-refractivity contribution in [2.75, 3.05) is 12.9 Å². The first-order chi connectivity index (χ1) is 9.81. The molecular formula is C16H15NO2S. The fourth-order valence-electron chi connectivity index (χ4n) is 2.71. The first-order valence-corrected chi connectivity index (χ1v) is 7.67. The fourth-order valence-corrected chi connectivity index (χ4v) is 2.94. The zero-order valence-corrected chi connectivity index (χ0v) is 11.9. The van der Waals surface area contributed by atoms with Crippen LogP contribution in [0.5, 0.6) is 0 Å². The summed E-state index contributed by atoms with van der Waals surface area (Å²) < 4.78 is 7.88. The first-order valence-electron chi connectivity index (χ1n) is 6.45. The molecule has 2 aromatic carbocycles. The maximum atomic E-state index is 11.5. The van der Waals surface area contributed by atoms with Gasteiger partial charge in [-0.3, -0.25) is 4.72 Å². The number of nitrogens with one attached hydrogen (secondary N) is 1. The summed E-state index contributed by atoms with van der Waals surface area (Å²) in [5.41, 5.74) is 4.93. The number of fused-ring (bicyclic) bond motifs is 3. The number of ether oxygens (including phenoxy) is 1. The maximum absolute atomic E-state index is 11.5. The Kier molecular flexibility index (Phi) is 3.65. The van der Waals surface area contributed by atoms with E-state index in [1.807, 2.05) is 24.3 Å². The van der Waals surface area contributed by atoms with Crippen molar-refractivity contribution in [1.29, 1.82) is 0 Å². The van der Waals surface area contributed by atoms with Crippen LogP contribution >= 0.6 is 11.9 Å². The van der Waals surface area contributed by atoms with Crippen LogP contribution in [0.3, 0.4) is 0 Å². The molecule has 0 aliphatic heterocycles. The predicted octanol–water partition coefficient (Wildman–Crippen LogP) is 3.80. The van der Waals surface area contributed by atoms with E-state index in [1.54, 1.807) is 6.26 Å². The standard InChI is InChI=1S/C16H15NO2S/c1-20-17-16(18)19-10-15-13-8-4-2-6-11(13)12-7-3-5-9-14(12)15/h2-9,15H,10H2,1H3,(H,17,18). The molecular weight excluding hydrogens is 270 g/mol. The summed E-state index contributed by atoms with van der Waals surface area (Å²) in [5, 5.41) is 0. The lowest BCUT2D eigenvalue weighted by Crippen LogP contribution is -2.20. The summed E-state index contributed by atoms with van der Waals surface area (Å²) in [4.78, 5) is 11.5. The third-order valence-electron chi connectivity index (χ3n) is 3.53. The summed E-state index contributed by atoms with van der Waals surface area (Å²) >= 11 is 1.24. The second-order valence-corrected chi connectivity index (χ2v) is 5.24. The highest BCUT2D eigenvalue weighted by atomic mass is 32.2. The summed E-state index contributed by atoms with van der Waals surface area (Å²) in [6, 6.07) is 16.6. The molecule has 0 fully saturated rings. The normalized spacial score (nSPS) is 12.7. The minimum atomic E-state index is -0.389. The summed E-state index contributed by atoms with van der Waals surface area (Å²) in [6.45, 7) is 0.362. The molecule has 0 heterocycles. The highest BCUT2D eigenvalue weighted by Gasteiger charge is 2.28. The second kappa shape index (κ2) is 5.59. The molecule has 3 nitrogen and oxygen atoms in total. The molecule has 1 aliphatic carbocycles. The third kappa shape index (κ3) is 2.27. The molecule has 0 saturated heterocycles. The van der Waals surface area contributed by atoms with Gasteiger partial charge < -0.3 is 4.74 Å². The van der Waals surface area contributed by atoms with Gasteiger partial charge in [0.2, 0.25) is 0 Å². The lowest BCUT2D eigenvalue weighted by molar-refractivity contribution is 0.150. The van der Waals surface area contributed by atoms with Crippen molar-refractivity contribution in [3.8, 4) is 11.1 Å². The van der Waals surface area contributed by atoms with Crippen LogP contribution in [0.4, 0.5) is 4.79 Å². The van der Waals surface area contributed by atoms with Crippen LogP contribution in [0.25, 0.3) is 11.1 Å². The van der Waals surface area contributed by atoms with Crippen LogP contribution in [-0.2, 0) is 4.74 Å². The monoisotopic (exact) mass is 285 g/mol. The van der Waals surface area contributed by atoms with Gasteiger partial charge in [-0.15, -0.1) is 0 Å². The Morgan fingerprint density at radius 2 is 1.65 bits per heavy atom. The topological polar surface area (TPSA) is 38.3 Å². The molecule has 0 spiro atoms. The largest absolute Gasteiger partial charge is 0.448 e. The number of benzene rings is 2. The van der Waals surface area contributed by atoms with E-state index in [0.29, 0.717) is 6.61 Å². The molecule has 4 heteroatoms. The Bertz CT molecular complexity index is 596. The van der Waals surface area contributed by atoms with E-state index in [0.717, 1.165) is 0 Å². The molecule has 0 radical (unpaired) electrons. The Morgan fingerprint density at radius 3 is 2.20 bits per heavy atom. The average molecular weight is 285 g/mol. The highest BCUT2D eigenvalue weighted by molar-refractivity contribution is 7.97. The molecule has 0 atom stereocenters. The minimum Gasteiger partial charge on any atom is -0.448 e. The third-order valence-corrected chi connectivity index (χ3v) is 3.90. The SMILES string of the molecule is CSNC(=O)OCC1c2ccccc2-c2ccccc21. The summed E-state index contributed by atoms with van der Waals surface area (Å²) in [6.07, 6.45) is 1.40. The van der Waals surface area contributed by atoms with Gasteiger partial charge in [-0.05, 0) is 22.3 Å². The van der Waals surface area contributed by atoms with Crippen molar-refractivity contribution < 1.29 is 9.53 Å². The molecule has 102 valence electrons. The number of carbonyl (C=O) groups is 1. The Morgan fingerprint density at radius 1 is 1.10 bits per heavy atom. The minimum absolute atomic E-state index is 0.120. The highest BCUT2D eigenvalue weighted by Crippen LogP contribution is 2.44. The number of amides is 1. The van der Waals surface area contributed by atoms with Gasteiger partial charge in [0, 0.05) is 12.2 Å². The van der Waals surface area contributed by atoms with E-state index >= 15 is 0 Å². The van der Waals surface area contributed by atoms with Gasteiger partial charge in [-0.2, -0.15) is 0 Å². The van der Waals surface area contributed by atoms with Crippen molar-refractivity contribution >= 4 is 18.0 Å². The molecule has 2 aromatic rings. The first kappa shape index (κ1) is 13.1. The number of hydrogen-bond donors (Lipinski definition) is 1.